The average Bonchev–Trinajstić information content (AvgIpc) is 3.71. The Morgan fingerprint density at radius 3 is 2.28 bits per heavy atom. The second-order valence-electron chi connectivity index (χ2n) is 10.2. The molecule has 11 nitrogen and oxygen atoms in total. The molecule has 6 rings (SSSR count). The fraction of sp³-hybridized carbons (Fsp3) is 0.182. The van der Waals surface area contributed by atoms with Crippen LogP contribution in [0.5, 0.6) is 11.5 Å². The molecule has 0 aliphatic heterocycles. The van der Waals surface area contributed by atoms with E-state index in [0.29, 0.717) is 39.5 Å². The zero-order valence-electron chi connectivity index (χ0n) is 25.7. The molecule has 0 saturated carbocycles. The zero-order valence-corrected chi connectivity index (χ0v) is 29.6. The maximum atomic E-state index is 13.9. The molecule has 1 radical (unpaired) electrons. The van der Waals surface area contributed by atoms with E-state index in [1.807, 2.05) is 55.5 Å². The number of benzene rings is 3. The molecule has 0 bridgehead atoms. The largest absolute Gasteiger partial charge is 0.493 e. The number of aromatic nitrogens is 4. The maximum Gasteiger partial charge on any atom is 0.439 e. The Morgan fingerprint density at radius 1 is 0.913 bits per heavy atom. The van der Waals surface area contributed by atoms with Crippen LogP contribution < -0.4 is 26.5 Å². The first-order chi connectivity index (χ1) is 21.8. The van der Waals surface area contributed by atoms with E-state index in [1.54, 1.807) is 22.8 Å². The number of aryl methyl sites for hydroxylation is 1. The van der Waals surface area contributed by atoms with Gasteiger partial charge in [0.2, 0.25) is 0 Å². The van der Waals surface area contributed by atoms with E-state index in [-0.39, 0.29) is 63.5 Å². The predicted molar refractivity (Wildman–Crippen MR) is 176 cm³/mol. The van der Waals surface area contributed by atoms with E-state index in [4.69, 9.17) is 9.47 Å². The molecule has 1 N–H and O–H groups in total. The monoisotopic (exact) mass is 663 g/mol. The van der Waals surface area contributed by atoms with Crippen LogP contribution in [0.25, 0.3) is 32.7 Å². The van der Waals surface area contributed by atoms with Gasteiger partial charge >= 0.3 is 11.4 Å². The van der Waals surface area contributed by atoms with Crippen molar-refractivity contribution in [1.82, 2.24) is 19.3 Å². The molecule has 13 heteroatoms. The number of rotatable bonds is 10. The molecule has 3 aromatic heterocycles. The number of carbonyl (C=O) groups is 1. The van der Waals surface area contributed by atoms with Gasteiger partial charge in [-0.2, -0.15) is 0 Å². The molecule has 0 aliphatic carbocycles. The predicted octanol–water partition coefficient (Wildman–Crippen LogP) is 4.37. The third kappa shape index (κ3) is 6.52. The first-order valence-electron chi connectivity index (χ1n) is 14.1. The molecule has 0 fully saturated rings. The van der Waals surface area contributed by atoms with Crippen LogP contribution in [0.1, 0.15) is 27.7 Å². The normalized spacial score (nSPS) is 10.9. The van der Waals surface area contributed by atoms with Gasteiger partial charge < -0.3 is 9.47 Å². The number of hydrogen-bond acceptors (Lipinski definition) is 9. The van der Waals surface area contributed by atoms with Gasteiger partial charge in [0, 0.05) is 67.4 Å². The minimum Gasteiger partial charge on any atom is -0.493 e. The molecule has 0 amide bonds. The number of thiophene rings is 1. The molecule has 46 heavy (non-hydrogen) atoms. The number of hydrogen-bond donors (Lipinski definition) is 1. The van der Waals surface area contributed by atoms with Crippen LogP contribution in [0.2, 0.25) is 0 Å². The Hall–Kier alpha value is -3.85. The first kappa shape index (κ1) is 33.5. The molecule has 3 aromatic carbocycles. The Kier molecular flexibility index (Phi) is 10.4. The van der Waals surface area contributed by atoms with E-state index >= 15 is 0 Å². The van der Waals surface area contributed by atoms with Crippen LogP contribution in [0.15, 0.2) is 91.7 Å². The van der Waals surface area contributed by atoms with Crippen molar-refractivity contribution in [1.29, 1.82) is 0 Å². The maximum absolute atomic E-state index is 13.9. The molecule has 6 aromatic rings. The molecule has 0 aliphatic rings. The van der Waals surface area contributed by atoms with Gasteiger partial charge in [-0.05, 0) is 47.4 Å². The number of fused-ring (bicyclic) bond motifs is 1. The number of carbonyl (C=O) groups excluding carboxylic acids is 1. The molecule has 0 atom stereocenters. The van der Waals surface area contributed by atoms with Crippen molar-refractivity contribution in [2.45, 2.75) is 26.4 Å². The van der Waals surface area contributed by atoms with Crippen LogP contribution in [0, 0.1) is 0 Å². The summed E-state index contributed by atoms with van der Waals surface area (Å²) in [7, 11) is 2.96. The van der Waals surface area contributed by atoms with Crippen LogP contribution >= 0.6 is 11.3 Å². The summed E-state index contributed by atoms with van der Waals surface area (Å²) in [4.78, 5) is 56.4. The van der Waals surface area contributed by atoms with Crippen molar-refractivity contribution < 1.29 is 18.8 Å². The standard InChI is InChI=1S/C33H28N4O7S.K/c1-4-22-16-25-30(39)36(18-26(38)21-13-14-27(42-2)28(15-21)43-3)33(41)37(31(25)45-22)17-19-9-11-20(12-10-19)23-7-5-6-8-24(23)29-34-32(40)44-35-29;/h5-16H,4,17-18H2,1-3H3,(H,34,35,40);. The van der Waals surface area contributed by atoms with E-state index in [0.717, 1.165) is 26.1 Å². The number of ether oxygens (including phenoxy) is 2. The number of H-pyrrole nitrogens is 1. The topological polar surface area (TPSA) is 138 Å². The summed E-state index contributed by atoms with van der Waals surface area (Å²) in [5.41, 5.74) is 2.43. The molecule has 3 heterocycles. The van der Waals surface area contributed by atoms with Crippen molar-refractivity contribution in [3.63, 3.8) is 0 Å². The quantitative estimate of drug-likeness (QED) is 0.169. The number of methoxy groups -OCH3 is 2. The third-order valence-electron chi connectivity index (χ3n) is 7.53. The van der Waals surface area contributed by atoms with Crippen molar-refractivity contribution in [2.75, 3.05) is 14.2 Å². The minimum absolute atomic E-state index is 0. The van der Waals surface area contributed by atoms with Crippen LogP contribution in [-0.2, 0) is 19.5 Å². The second kappa shape index (κ2) is 14.3. The summed E-state index contributed by atoms with van der Waals surface area (Å²) >= 11 is 1.40. The number of aromatic amines is 1. The summed E-state index contributed by atoms with van der Waals surface area (Å²) in [5, 5.41) is 4.21. The number of nitrogens with zero attached hydrogens (tertiary/aromatic N) is 3. The molecule has 0 spiro atoms. The van der Waals surface area contributed by atoms with Crippen molar-refractivity contribution in [2.24, 2.45) is 0 Å². The Labute approximate surface area is 308 Å². The Morgan fingerprint density at radius 2 is 1.63 bits per heavy atom. The summed E-state index contributed by atoms with van der Waals surface area (Å²) in [6.45, 7) is 1.74. The molecule has 0 saturated heterocycles. The smallest absolute Gasteiger partial charge is 0.439 e. The Bertz CT molecular complexity index is 2230. The molecular formula is C33H28KN4O7S. The average molecular weight is 664 g/mol. The summed E-state index contributed by atoms with van der Waals surface area (Å²) < 4.78 is 17.8. The van der Waals surface area contributed by atoms with Gasteiger partial charge in [-0.15, -0.1) is 11.3 Å². The van der Waals surface area contributed by atoms with E-state index in [2.05, 4.69) is 14.7 Å². The third-order valence-corrected chi connectivity index (χ3v) is 8.83. The first-order valence-corrected chi connectivity index (χ1v) is 14.9. The van der Waals surface area contributed by atoms with Gasteiger partial charge in [0.25, 0.3) is 5.56 Å². The summed E-state index contributed by atoms with van der Waals surface area (Å²) in [6, 6.07) is 21.6. The van der Waals surface area contributed by atoms with Crippen molar-refractivity contribution in [3.05, 3.63) is 120 Å². The van der Waals surface area contributed by atoms with Gasteiger partial charge in [-0.25, -0.2) is 9.59 Å². The fourth-order valence-corrected chi connectivity index (χ4v) is 6.29. The van der Waals surface area contributed by atoms with E-state index < -0.39 is 29.3 Å². The van der Waals surface area contributed by atoms with Gasteiger partial charge in [0.1, 0.15) is 4.83 Å². The van der Waals surface area contributed by atoms with Gasteiger partial charge in [-0.1, -0.05) is 60.6 Å². The van der Waals surface area contributed by atoms with E-state index in [9.17, 15) is 19.2 Å². The van der Waals surface area contributed by atoms with Crippen molar-refractivity contribution >= 4 is 78.7 Å². The van der Waals surface area contributed by atoms with Gasteiger partial charge in [0.05, 0.1) is 32.7 Å². The van der Waals surface area contributed by atoms with Gasteiger partial charge in [0.15, 0.2) is 23.1 Å². The van der Waals surface area contributed by atoms with Crippen LogP contribution in [0.4, 0.5) is 0 Å². The number of nitrogens with one attached hydrogen (secondary N) is 1. The van der Waals surface area contributed by atoms with Crippen molar-refractivity contribution in [3.8, 4) is 34.0 Å². The molecular weight excluding hydrogens is 636 g/mol. The fourth-order valence-electron chi connectivity index (χ4n) is 5.21. The summed E-state index contributed by atoms with van der Waals surface area (Å²) in [5.74, 6) is 0.0993. The number of ketones is 1. The van der Waals surface area contributed by atoms with E-state index in [1.165, 1.54) is 31.6 Å². The van der Waals surface area contributed by atoms with Crippen LogP contribution in [-0.4, -0.2) is 90.7 Å². The summed E-state index contributed by atoms with van der Waals surface area (Å²) in [6.07, 6.45) is 0.697. The van der Waals surface area contributed by atoms with Gasteiger partial charge in [-0.3, -0.25) is 28.2 Å². The molecule has 0 unspecified atom stereocenters. The van der Waals surface area contributed by atoms with Crippen LogP contribution in [0.3, 0.4) is 0 Å². The Balaban J connectivity index is 0.00000417. The zero-order chi connectivity index (χ0) is 31.7. The molecule has 229 valence electrons. The second-order valence-corrected chi connectivity index (χ2v) is 11.3. The minimum atomic E-state index is -0.640. The number of Topliss-reactive ketones (excluding diaryl/α,β-unsaturated/α-hetero) is 1. The SMILES string of the molecule is CCc1cc2c(=O)n(CC(=O)c3ccc(OC)c(OC)c3)c(=O)n(Cc3ccc(-c4ccccc4-c4noc(=O)[nH]4)cc3)c2s1.[K].